The van der Waals surface area contributed by atoms with E-state index in [-0.39, 0.29) is 63.5 Å². The number of carboxylic acid groups (broad SMARTS) is 1. The first-order valence-electron chi connectivity index (χ1n) is 13.7. The summed E-state index contributed by atoms with van der Waals surface area (Å²) in [5.74, 6) is -0.790. The standard InChI is InChI=1S/C30H35F3O8/c1-3-7-23-25(40-17-6-16-39-21-9-5-8-20(18-21)30(31,32)33)11-10-22-24(34)19-29(41-28(22)23,14-12-26(35)36)15-13-27(37)38-4-2/h5,8-11,18H,3-4,6-7,12-17,19H2,1-2H3,(H,35,36). The largest absolute Gasteiger partial charge is 0.493 e. The van der Waals surface area contributed by atoms with Crippen molar-refractivity contribution in [2.45, 2.75) is 77.0 Å². The molecule has 224 valence electrons. The molecule has 1 aliphatic heterocycles. The maximum atomic E-state index is 13.2. The molecule has 0 amide bonds. The van der Waals surface area contributed by atoms with Crippen molar-refractivity contribution in [2.75, 3.05) is 19.8 Å². The number of alkyl halides is 3. The van der Waals surface area contributed by atoms with Crippen molar-refractivity contribution >= 4 is 17.7 Å². The molecule has 2 aromatic carbocycles. The Morgan fingerprint density at radius 3 is 2.46 bits per heavy atom. The van der Waals surface area contributed by atoms with Crippen LogP contribution in [-0.4, -0.2) is 48.3 Å². The Bertz CT molecular complexity index is 1230. The molecule has 0 aromatic heterocycles. The normalized spacial score (nSPS) is 16.5. The van der Waals surface area contributed by atoms with Crippen molar-refractivity contribution in [2.24, 2.45) is 0 Å². The number of halogens is 3. The minimum absolute atomic E-state index is 0.0265. The maximum Gasteiger partial charge on any atom is 0.416 e. The van der Waals surface area contributed by atoms with Crippen LogP contribution in [-0.2, 0) is 26.9 Å². The summed E-state index contributed by atoms with van der Waals surface area (Å²) in [6, 6.07) is 7.94. The van der Waals surface area contributed by atoms with Gasteiger partial charge in [0.2, 0.25) is 0 Å². The predicted molar refractivity (Wildman–Crippen MR) is 143 cm³/mol. The number of hydrogen-bond acceptors (Lipinski definition) is 7. The number of ketones is 1. The highest BCUT2D eigenvalue weighted by Gasteiger charge is 2.42. The number of benzene rings is 2. The van der Waals surface area contributed by atoms with Crippen LogP contribution in [0, 0.1) is 0 Å². The number of carbonyl (C=O) groups excluding carboxylic acids is 2. The highest BCUT2D eigenvalue weighted by atomic mass is 19.4. The maximum absolute atomic E-state index is 13.2. The van der Waals surface area contributed by atoms with Gasteiger partial charge in [0, 0.05) is 24.8 Å². The van der Waals surface area contributed by atoms with Crippen molar-refractivity contribution in [3.05, 3.63) is 53.1 Å². The Balaban J connectivity index is 1.74. The lowest BCUT2D eigenvalue weighted by atomic mass is 9.82. The fourth-order valence-electron chi connectivity index (χ4n) is 4.70. The zero-order valence-electron chi connectivity index (χ0n) is 23.2. The molecule has 1 N–H and O–H groups in total. The van der Waals surface area contributed by atoms with Crippen molar-refractivity contribution in [3.8, 4) is 17.2 Å². The third-order valence-electron chi connectivity index (χ3n) is 6.68. The quantitative estimate of drug-likeness (QED) is 0.190. The van der Waals surface area contributed by atoms with Crippen LogP contribution < -0.4 is 14.2 Å². The number of rotatable bonds is 15. The molecule has 1 unspecified atom stereocenters. The Morgan fingerprint density at radius 2 is 1.78 bits per heavy atom. The van der Waals surface area contributed by atoms with Crippen molar-refractivity contribution in [1.29, 1.82) is 0 Å². The van der Waals surface area contributed by atoms with Crippen molar-refractivity contribution in [3.63, 3.8) is 0 Å². The van der Waals surface area contributed by atoms with Gasteiger partial charge in [-0.25, -0.2) is 0 Å². The Hall–Kier alpha value is -3.76. The van der Waals surface area contributed by atoms with Crippen LogP contribution in [0.25, 0.3) is 0 Å². The number of ether oxygens (including phenoxy) is 4. The zero-order chi connectivity index (χ0) is 30.0. The summed E-state index contributed by atoms with van der Waals surface area (Å²) in [6.07, 6.45) is -3.04. The fourth-order valence-corrected chi connectivity index (χ4v) is 4.70. The van der Waals surface area contributed by atoms with Crippen LogP contribution in [0.4, 0.5) is 13.2 Å². The fraction of sp³-hybridized carbons (Fsp3) is 0.500. The summed E-state index contributed by atoms with van der Waals surface area (Å²) in [4.78, 5) is 36.7. The molecule has 0 fully saturated rings. The molecule has 0 aliphatic carbocycles. The lowest BCUT2D eigenvalue weighted by molar-refractivity contribution is -0.144. The molecule has 0 spiro atoms. The number of aliphatic carboxylic acids is 1. The monoisotopic (exact) mass is 580 g/mol. The molecule has 8 nitrogen and oxygen atoms in total. The van der Waals surface area contributed by atoms with Gasteiger partial charge < -0.3 is 24.1 Å². The molecule has 2 aromatic rings. The third kappa shape index (κ3) is 8.86. The number of carboxylic acids is 1. The first-order chi connectivity index (χ1) is 19.5. The summed E-state index contributed by atoms with van der Waals surface area (Å²) >= 11 is 0. The van der Waals surface area contributed by atoms with Crippen LogP contribution in [0.3, 0.4) is 0 Å². The van der Waals surface area contributed by atoms with Crippen LogP contribution >= 0.6 is 0 Å². The van der Waals surface area contributed by atoms with Gasteiger partial charge in [0.15, 0.2) is 5.78 Å². The molecule has 41 heavy (non-hydrogen) atoms. The number of Topliss-reactive ketones (excluding diaryl/α,β-unsaturated/α-hetero) is 1. The molecular weight excluding hydrogens is 545 g/mol. The topological polar surface area (TPSA) is 108 Å². The molecule has 0 radical (unpaired) electrons. The Kier molecular flexibility index (Phi) is 11.0. The van der Waals surface area contributed by atoms with E-state index in [9.17, 15) is 32.7 Å². The molecule has 1 aliphatic rings. The van der Waals surface area contributed by atoms with Crippen molar-refractivity contribution in [1.82, 2.24) is 0 Å². The van der Waals surface area contributed by atoms with E-state index in [0.29, 0.717) is 41.9 Å². The molecule has 3 rings (SSSR count). The zero-order valence-corrected chi connectivity index (χ0v) is 23.2. The Morgan fingerprint density at radius 1 is 1.05 bits per heavy atom. The molecular formula is C30H35F3O8. The van der Waals surface area contributed by atoms with Crippen LogP contribution in [0.15, 0.2) is 36.4 Å². The molecule has 11 heteroatoms. The van der Waals surface area contributed by atoms with Crippen molar-refractivity contribution < 1.29 is 51.6 Å². The smallest absolute Gasteiger partial charge is 0.416 e. The third-order valence-corrected chi connectivity index (χ3v) is 6.68. The highest BCUT2D eigenvalue weighted by molar-refractivity contribution is 6.01. The second-order valence-electron chi connectivity index (χ2n) is 9.83. The lowest BCUT2D eigenvalue weighted by Crippen LogP contribution is -2.43. The number of esters is 1. The summed E-state index contributed by atoms with van der Waals surface area (Å²) in [5.41, 5.74) is -0.945. The van der Waals surface area contributed by atoms with E-state index in [1.807, 2.05) is 6.92 Å². The summed E-state index contributed by atoms with van der Waals surface area (Å²) in [6.45, 7) is 4.15. The van der Waals surface area contributed by atoms with Crippen LogP contribution in [0.5, 0.6) is 17.2 Å². The first-order valence-corrected chi connectivity index (χ1v) is 13.7. The van der Waals surface area contributed by atoms with E-state index in [4.69, 9.17) is 18.9 Å². The van der Waals surface area contributed by atoms with Crippen LogP contribution in [0.2, 0.25) is 0 Å². The van der Waals surface area contributed by atoms with E-state index < -0.39 is 29.3 Å². The molecule has 0 saturated carbocycles. The van der Waals surface area contributed by atoms with Gasteiger partial charge in [0.25, 0.3) is 0 Å². The van der Waals surface area contributed by atoms with E-state index in [1.165, 1.54) is 12.1 Å². The minimum atomic E-state index is -4.46. The van der Waals surface area contributed by atoms with Gasteiger partial charge in [0.05, 0.1) is 37.4 Å². The summed E-state index contributed by atoms with van der Waals surface area (Å²) in [7, 11) is 0. The minimum Gasteiger partial charge on any atom is -0.493 e. The lowest BCUT2D eigenvalue weighted by Gasteiger charge is -2.39. The molecule has 0 saturated heterocycles. The average molecular weight is 581 g/mol. The molecule has 1 atom stereocenters. The molecule has 0 bridgehead atoms. The number of hydrogen-bond donors (Lipinski definition) is 1. The van der Waals surface area contributed by atoms with Gasteiger partial charge >= 0.3 is 18.1 Å². The van der Waals surface area contributed by atoms with Gasteiger partial charge in [-0.1, -0.05) is 19.4 Å². The number of fused-ring (bicyclic) bond motifs is 1. The predicted octanol–water partition coefficient (Wildman–Crippen LogP) is 6.42. The van der Waals surface area contributed by atoms with Gasteiger partial charge in [-0.05, 0) is 56.5 Å². The van der Waals surface area contributed by atoms with Crippen LogP contribution in [0.1, 0.15) is 80.3 Å². The van der Waals surface area contributed by atoms with Gasteiger partial charge in [-0.3, -0.25) is 14.4 Å². The number of carbonyl (C=O) groups is 3. The Labute approximate surface area is 236 Å². The second-order valence-corrected chi connectivity index (χ2v) is 9.83. The second kappa shape index (κ2) is 14.2. The van der Waals surface area contributed by atoms with E-state index in [0.717, 1.165) is 12.1 Å². The van der Waals surface area contributed by atoms with E-state index >= 15 is 0 Å². The van der Waals surface area contributed by atoms with E-state index in [2.05, 4.69) is 0 Å². The highest BCUT2D eigenvalue weighted by Crippen LogP contribution is 2.44. The molecule has 1 heterocycles. The van der Waals surface area contributed by atoms with Gasteiger partial charge in [0.1, 0.15) is 22.8 Å². The summed E-state index contributed by atoms with van der Waals surface area (Å²) in [5, 5.41) is 9.31. The first kappa shape index (κ1) is 31.8. The summed E-state index contributed by atoms with van der Waals surface area (Å²) < 4.78 is 61.7. The average Bonchev–Trinajstić information content (AvgIpc) is 2.92. The van der Waals surface area contributed by atoms with Gasteiger partial charge in [-0.15, -0.1) is 0 Å². The SMILES string of the molecule is CCCc1c(OCCCOc2cccc(C(F)(F)F)c2)ccc2c1OC(CCC(=O)O)(CCC(=O)OCC)CC2=O. The van der Waals surface area contributed by atoms with Gasteiger partial charge in [-0.2, -0.15) is 13.2 Å². The van der Waals surface area contributed by atoms with E-state index in [1.54, 1.807) is 19.1 Å².